The lowest BCUT2D eigenvalue weighted by Gasteiger charge is -2.02. The minimum atomic E-state index is 0.163. The highest BCUT2D eigenvalue weighted by Crippen LogP contribution is 2.25. The van der Waals surface area contributed by atoms with Crippen molar-refractivity contribution in [2.75, 3.05) is 11.9 Å². The molecule has 0 aliphatic heterocycles. The Morgan fingerprint density at radius 1 is 1.23 bits per heavy atom. The fraction of sp³-hybridized carbons (Fsp3) is 0.133. The van der Waals surface area contributed by atoms with Crippen LogP contribution in [-0.4, -0.2) is 21.7 Å². The summed E-state index contributed by atoms with van der Waals surface area (Å²) in [4.78, 5) is 7.84. The van der Waals surface area contributed by atoms with E-state index < -0.39 is 0 Å². The van der Waals surface area contributed by atoms with Gasteiger partial charge in [0.25, 0.3) is 0 Å². The van der Waals surface area contributed by atoms with Crippen molar-refractivity contribution in [3.63, 3.8) is 0 Å². The summed E-state index contributed by atoms with van der Waals surface area (Å²) in [7, 11) is 0. The van der Waals surface area contributed by atoms with Crippen LogP contribution in [0.15, 0.2) is 47.1 Å². The molecule has 0 amide bonds. The van der Waals surface area contributed by atoms with E-state index in [2.05, 4.69) is 20.4 Å². The average Bonchev–Trinajstić information content (AvgIpc) is 2.97. The van der Waals surface area contributed by atoms with Gasteiger partial charge in [0.15, 0.2) is 0 Å². The zero-order chi connectivity index (χ0) is 15.4. The molecule has 0 saturated heterocycles. The van der Waals surface area contributed by atoms with Crippen molar-refractivity contribution in [3.05, 3.63) is 47.9 Å². The highest BCUT2D eigenvalue weighted by atomic mass is 35.5. The number of hydrogen-bond donors (Lipinski definition) is 1. The Labute approximate surface area is 132 Å². The van der Waals surface area contributed by atoms with Crippen LogP contribution in [-0.2, 0) is 0 Å². The smallest absolute Gasteiger partial charge is 0.230 e. The first-order chi connectivity index (χ1) is 10.7. The number of anilines is 2. The predicted octanol–water partition coefficient (Wildman–Crippen LogP) is 3.93. The average molecular weight is 317 g/mol. The lowest BCUT2D eigenvalue weighted by molar-refractivity contribution is 0.340. The van der Waals surface area contributed by atoms with Crippen molar-refractivity contribution in [1.29, 1.82) is 0 Å². The zero-order valence-corrected chi connectivity index (χ0v) is 12.5. The molecule has 0 aliphatic carbocycles. The molecule has 0 aliphatic rings. The second-order valence-electron chi connectivity index (χ2n) is 4.37. The maximum atomic E-state index is 5.73. The van der Waals surface area contributed by atoms with Gasteiger partial charge in [-0.05, 0) is 48.9 Å². The molecule has 112 valence electrons. The number of aromatic nitrogens is 3. The lowest BCUT2D eigenvalue weighted by Crippen LogP contribution is -1.92. The fourth-order valence-corrected chi connectivity index (χ4v) is 2.04. The number of nitrogens with one attached hydrogen (secondary N) is 1. The summed E-state index contributed by atoms with van der Waals surface area (Å²) < 4.78 is 10.7. The molecule has 1 N–H and O–H groups in total. The topological polar surface area (TPSA) is 73.1 Å². The first-order valence-electron chi connectivity index (χ1n) is 6.70. The fourth-order valence-electron chi connectivity index (χ4n) is 1.89. The molecule has 2 aromatic heterocycles. The molecule has 2 heterocycles. The van der Waals surface area contributed by atoms with Crippen LogP contribution < -0.4 is 10.1 Å². The third-order valence-electron chi connectivity index (χ3n) is 2.85. The first-order valence-corrected chi connectivity index (χ1v) is 7.08. The third-order valence-corrected chi connectivity index (χ3v) is 3.03. The second kappa shape index (κ2) is 6.44. The summed E-state index contributed by atoms with van der Waals surface area (Å²) in [6, 6.07) is 11.1. The molecule has 3 rings (SSSR count). The lowest BCUT2D eigenvalue weighted by atomic mass is 10.1. The van der Waals surface area contributed by atoms with Gasteiger partial charge in [0.1, 0.15) is 17.3 Å². The Morgan fingerprint density at radius 3 is 2.77 bits per heavy atom. The SMILES string of the molecule is CCOc1ccc(-c2cc(Nc3ccnc(Cl)n3)on2)cc1. The van der Waals surface area contributed by atoms with E-state index in [4.69, 9.17) is 20.9 Å². The van der Waals surface area contributed by atoms with Gasteiger partial charge in [-0.1, -0.05) is 5.16 Å². The van der Waals surface area contributed by atoms with Gasteiger partial charge < -0.3 is 14.6 Å². The Kier molecular flexibility index (Phi) is 4.20. The van der Waals surface area contributed by atoms with Gasteiger partial charge >= 0.3 is 0 Å². The van der Waals surface area contributed by atoms with E-state index >= 15 is 0 Å². The molecule has 0 spiro atoms. The molecule has 0 bridgehead atoms. The summed E-state index contributed by atoms with van der Waals surface area (Å²) in [5, 5.41) is 7.17. The molecule has 1 aromatic carbocycles. The van der Waals surface area contributed by atoms with Crippen LogP contribution in [0.1, 0.15) is 6.92 Å². The van der Waals surface area contributed by atoms with Gasteiger partial charge in [0.05, 0.1) is 6.61 Å². The van der Waals surface area contributed by atoms with E-state index in [1.165, 1.54) is 0 Å². The number of ether oxygens (including phenoxy) is 1. The predicted molar refractivity (Wildman–Crippen MR) is 83.4 cm³/mol. The van der Waals surface area contributed by atoms with E-state index in [0.717, 1.165) is 11.3 Å². The van der Waals surface area contributed by atoms with Crippen molar-refractivity contribution >= 4 is 23.3 Å². The van der Waals surface area contributed by atoms with Crippen LogP contribution in [0.3, 0.4) is 0 Å². The summed E-state index contributed by atoms with van der Waals surface area (Å²) in [6.45, 7) is 2.59. The molecule has 6 nitrogen and oxygen atoms in total. The van der Waals surface area contributed by atoms with Crippen molar-refractivity contribution in [2.45, 2.75) is 6.92 Å². The quantitative estimate of drug-likeness (QED) is 0.719. The maximum absolute atomic E-state index is 5.73. The highest BCUT2D eigenvalue weighted by Gasteiger charge is 2.08. The molecule has 7 heteroatoms. The molecule has 22 heavy (non-hydrogen) atoms. The molecular weight excluding hydrogens is 304 g/mol. The van der Waals surface area contributed by atoms with Crippen LogP contribution in [0.5, 0.6) is 5.75 Å². The van der Waals surface area contributed by atoms with E-state index in [1.54, 1.807) is 18.3 Å². The number of halogens is 1. The molecule has 0 saturated carbocycles. The molecule has 0 radical (unpaired) electrons. The largest absolute Gasteiger partial charge is 0.494 e. The standard InChI is InChI=1S/C15H13ClN4O2/c1-2-21-11-5-3-10(4-6-11)12-9-14(22-20-12)18-13-7-8-17-15(16)19-13/h3-9H,2H2,1H3,(H,17,18,19). The van der Waals surface area contributed by atoms with Crippen molar-refractivity contribution < 1.29 is 9.26 Å². The Morgan fingerprint density at radius 2 is 2.05 bits per heavy atom. The third kappa shape index (κ3) is 3.35. The van der Waals surface area contributed by atoms with Crippen LogP contribution in [0.2, 0.25) is 5.28 Å². The molecule has 3 aromatic rings. The van der Waals surface area contributed by atoms with Crippen molar-refractivity contribution in [1.82, 2.24) is 15.1 Å². The number of hydrogen-bond acceptors (Lipinski definition) is 6. The number of rotatable bonds is 5. The van der Waals surface area contributed by atoms with E-state index in [0.29, 0.717) is 24.0 Å². The Balaban J connectivity index is 1.75. The van der Waals surface area contributed by atoms with E-state index in [9.17, 15) is 0 Å². The summed E-state index contributed by atoms with van der Waals surface area (Å²) >= 11 is 5.73. The van der Waals surface area contributed by atoms with E-state index in [-0.39, 0.29) is 5.28 Å². The summed E-state index contributed by atoms with van der Waals surface area (Å²) in [5.41, 5.74) is 1.65. The molecule has 0 atom stereocenters. The second-order valence-corrected chi connectivity index (χ2v) is 4.71. The molecule has 0 fully saturated rings. The van der Waals surface area contributed by atoms with Gasteiger partial charge in [-0.25, -0.2) is 9.97 Å². The van der Waals surface area contributed by atoms with Crippen molar-refractivity contribution in [2.24, 2.45) is 0 Å². The van der Waals surface area contributed by atoms with Gasteiger partial charge in [-0.3, -0.25) is 0 Å². The minimum absolute atomic E-state index is 0.163. The monoisotopic (exact) mass is 316 g/mol. The van der Waals surface area contributed by atoms with Crippen LogP contribution in [0.4, 0.5) is 11.7 Å². The van der Waals surface area contributed by atoms with Gasteiger partial charge in [-0.15, -0.1) is 0 Å². The number of benzene rings is 1. The zero-order valence-electron chi connectivity index (χ0n) is 11.8. The highest BCUT2D eigenvalue weighted by molar-refractivity contribution is 6.28. The van der Waals surface area contributed by atoms with Gasteiger partial charge in [-0.2, -0.15) is 0 Å². The maximum Gasteiger partial charge on any atom is 0.230 e. The minimum Gasteiger partial charge on any atom is -0.494 e. The van der Waals surface area contributed by atoms with Gasteiger partial charge in [0, 0.05) is 17.8 Å². The van der Waals surface area contributed by atoms with Crippen molar-refractivity contribution in [3.8, 4) is 17.0 Å². The summed E-state index contributed by atoms with van der Waals surface area (Å²) in [6.07, 6.45) is 1.56. The summed E-state index contributed by atoms with van der Waals surface area (Å²) in [5.74, 6) is 1.83. The van der Waals surface area contributed by atoms with Crippen LogP contribution in [0, 0.1) is 0 Å². The molecular formula is C15H13ClN4O2. The normalized spacial score (nSPS) is 10.5. The van der Waals surface area contributed by atoms with Crippen LogP contribution in [0.25, 0.3) is 11.3 Å². The number of nitrogens with zero attached hydrogens (tertiary/aromatic N) is 3. The Hall–Kier alpha value is -2.60. The Bertz CT molecular complexity index is 758. The van der Waals surface area contributed by atoms with E-state index in [1.807, 2.05) is 31.2 Å². The first kappa shape index (κ1) is 14.3. The van der Waals surface area contributed by atoms with Gasteiger partial charge in [0.2, 0.25) is 11.2 Å². The molecule has 0 unspecified atom stereocenters. The van der Waals surface area contributed by atoms with Crippen LogP contribution >= 0.6 is 11.6 Å².